The third-order valence-corrected chi connectivity index (χ3v) is 2.48. The molecule has 0 saturated carbocycles. The Morgan fingerprint density at radius 2 is 1.94 bits per heavy atom. The molecule has 0 amide bonds. The van der Waals surface area contributed by atoms with Crippen LogP contribution in [0.2, 0.25) is 0 Å². The summed E-state index contributed by atoms with van der Waals surface area (Å²) in [4.78, 5) is 0. The van der Waals surface area contributed by atoms with Crippen LogP contribution in [0.25, 0.3) is 0 Å². The largest absolute Gasteiger partial charge is 0.389 e. The molecule has 3 heteroatoms. The molecule has 0 aromatic carbocycles. The first-order valence-corrected chi connectivity index (χ1v) is 6.55. The van der Waals surface area contributed by atoms with Gasteiger partial charge in [0.1, 0.15) is 0 Å². The molecule has 98 valence electrons. The number of hydrogen-bond donors (Lipinski definition) is 2. The second kappa shape index (κ2) is 10.1. The molecule has 3 nitrogen and oxygen atoms in total. The minimum atomic E-state index is -0.383. The van der Waals surface area contributed by atoms with Gasteiger partial charge in [0.15, 0.2) is 0 Å². The van der Waals surface area contributed by atoms with Crippen molar-refractivity contribution in [3.05, 3.63) is 0 Å². The highest BCUT2D eigenvalue weighted by Gasteiger charge is 2.08. The van der Waals surface area contributed by atoms with E-state index >= 15 is 0 Å². The maximum Gasteiger partial charge on any atom is 0.0897 e. The lowest BCUT2D eigenvalue weighted by Gasteiger charge is -2.18. The monoisotopic (exact) mass is 231 g/mol. The predicted molar refractivity (Wildman–Crippen MR) is 68.7 cm³/mol. The molecule has 0 aromatic rings. The smallest absolute Gasteiger partial charge is 0.0897 e. The lowest BCUT2D eigenvalue weighted by molar-refractivity contribution is 0.0345. The average molecular weight is 231 g/mol. The van der Waals surface area contributed by atoms with Crippen LogP contribution in [0.15, 0.2) is 0 Å². The molecule has 2 unspecified atom stereocenters. The summed E-state index contributed by atoms with van der Waals surface area (Å²) in [5.41, 5.74) is 0. The third-order valence-electron chi connectivity index (χ3n) is 2.48. The highest BCUT2D eigenvalue weighted by atomic mass is 16.5. The van der Waals surface area contributed by atoms with Crippen molar-refractivity contribution >= 4 is 0 Å². The Kier molecular flexibility index (Phi) is 9.99. The molecule has 0 aliphatic carbocycles. The fourth-order valence-electron chi connectivity index (χ4n) is 1.65. The van der Waals surface area contributed by atoms with E-state index in [4.69, 9.17) is 4.74 Å². The molecule has 0 rings (SSSR count). The highest BCUT2D eigenvalue weighted by molar-refractivity contribution is 4.66. The molecule has 0 fully saturated rings. The number of nitrogens with one attached hydrogen (secondary N) is 1. The summed E-state index contributed by atoms with van der Waals surface area (Å²) in [5.74, 6) is 0.695. The quantitative estimate of drug-likeness (QED) is 0.566. The third kappa shape index (κ3) is 10.4. The first kappa shape index (κ1) is 15.9. The Bertz CT molecular complexity index is 151. The van der Waals surface area contributed by atoms with Gasteiger partial charge in [-0.05, 0) is 25.7 Å². The number of aliphatic hydroxyl groups is 1. The summed E-state index contributed by atoms with van der Waals surface area (Å²) in [6.45, 7) is 10.5. The zero-order chi connectivity index (χ0) is 12.4. The normalized spacial score (nSPS) is 15.4. The van der Waals surface area contributed by atoms with E-state index in [1.807, 2.05) is 0 Å². The van der Waals surface area contributed by atoms with Crippen molar-refractivity contribution < 1.29 is 9.84 Å². The number of rotatable bonds is 10. The number of ether oxygens (including phenoxy) is 1. The van der Waals surface area contributed by atoms with Gasteiger partial charge in [-0.25, -0.2) is 0 Å². The summed E-state index contributed by atoms with van der Waals surface area (Å²) in [6, 6.07) is 0.463. The molecule has 0 bridgehead atoms. The first-order chi connectivity index (χ1) is 7.56. The van der Waals surface area contributed by atoms with Crippen molar-refractivity contribution in [3.8, 4) is 0 Å². The van der Waals surface area contributed by atoms with Crippen molar-refractivity contribution in [3.63, 3.8) is 0 Å². The van der Waals surface area contributed by atoms with Crippen LogP contribution >= 0.6 is 0 Å². The summed E-state index contributed by atoms with van der Waals surface area (Å²) >= 11 is 0. The minimum absolute atomic E-state index is 0.383. The van der Waals surface area contributed by atoms with Crippen LogP contribution < -0.4 is 5.32 Å². The maximum absolute atomic E-state index is 9.64. The first-order valence-electron chi connectivity index (χ1n) is 6.55. The van der Waals surface area contributed by atoms with Crippen LogP contribution in [0, 0.1) is 5.92 Å². The molecule has 0 saturated heterocycles. The van der Waals surface area contributed by atoms with Crippen LogP contribution in [0.1, 0.15) is 47.0 Å². The van der Waals surface area contributed by atoms with E-state index in [0.29, 0.717) is 25.1 Å². The van der Waals surface area contributed by atoms with Crippen LogP contribution in [-0.2, 0) is 4.74 Å². The number of unbranched alkanes of at least 4 members (excludes halogenated alkanes) is 1. The van der Waals surface area contributed by atoms with E-state index in [-0.39, 0.29) is 6.10 Å². The lowest BCUT2D eigenvalue weighted by Crippen LogP contribution is -2.36. The Morgan fingerprint density at radius 1 is 1.25 bits per heavy atom. The van der Waals surface area contributed by atoms with Crippen LogP contribution in [0.5, 0.6) is 0 Å². The molecule has 2 N–H and O–H groups in total. The van der Waals surface area contributed by atoms with Crippen molar-refractivity contribution in [2.45, 2.75) is 59.1 Å². The van der Waals surface area contributed by atoms with Crippen molar-refractivity contribution in [1.29, 1.82) is 0 Å². The van der Waals surface area contributed by atoms with E-state index in [2.05, 4.69) is 33.0 Å². The zero-order valence-corrected chi connectivity index (χ0v) is 11.3. The maximum atomic E-state index is 9.64. The van der Waals surface area contributed by atoms with Gasteiger partial charge >= 0.3 is 0 Å². The summed E-state index contributed by atoms with van der Waals surface area (Å²) < 4.78 is 5.36. The van der Waals surface area contributed by atoms with E-state index in [1.165, 1.54) is 0 Å². The van der Waals surface area contributed by atoms with Crippen LogP contribution in [0.3, 0.4) is 0 Å². The summed E-state index contributed by atoms with van der Waals surface area (Å²) in [6.07, 6.45) is 2.97. The van der Waals surface area contributed by atoms with Gasteiger partial charge in [0.2, 0.25) is 0 Å². The van der Waals surface area contributed by atoms with Gasteiger partial charge in [-0.15, -0.1) is 0 Å². The highest BCUT2D eigenvalue weighted by Crippen LogP contribution is 2.03. The molecule has 16 heavy (non-hydrogen) atoms. The van der Waals surface area contributed by atoms with Crippen molar-refractivity contribution in [1.82, 2.24) is 5.32 Å². The van der Waals surface area contributed by atoms with Crippen molar-refractivity contribution in [2.75, 3.05) is 19.8 Å². The van der Waals surface area contributed by atoms with Gasteiger partial charge in [-0.2, -0.15) is 0 Å². The van der Waals surface area contributed by atoms with Gasteiger partial charge < -0.3 is 15.2 Å². The standard InChI is InChI=1S/C13H29NO2/c1-5-6-7-16-10-13(15)9-14-12(4)8-11(2)3/h11-15H,5-10H2,1-4H3. The van der Waals surface area contributed by atoms with Crippen LogP contribution in [0.4, 0.5) is 0 Å². The Labute approximate surface area is 101 Å². The summed E-state index contributed by atoms with van der Waals surface area (Å²) in [5, 5.41) is 13.0. The average Bonchev–Trinajstić information content (AvgIpc) is 2.20. The molecule has 2 atom stereocenters. The van der Waals surface area contributed by atoms with Gasteiger partial charge in [0.05, 0.1) is 12.7 Å². The number of aliphatic hydroxyl groups excluding tert-OH is 1. The Balaban J connectivity index is 3.38. The van der Waals surface area contributed by atoms with Gasteiger partial charge in [0.25, 0.3) is 0 Å². The van der Waals surface area contributed by atoms with Crippen LogP contribution in [-0.4, -0.2) is 37.0 Å². The Hall–Kier alpha value is -0.120. The SMILES string of the molecule is CCCCOCC(O)CNC(C)CC(C)C. The van der Waals surface area contributed by atoms with E-state index in [1.54, 1.807) is 0 Å². The van der Waals surface area contributed by atoms with Crippen molar-refractivity contribution in [2.24, 2.45) is 5.92 Å². The molecule has 0 aliphatic rings. The predicted octanol–water partition coefficient (Wildman–Crippen LogP) is 2.19. The summed E-state index contributed by atoms with van der Waals surface area (Å²) in [7, 11) is 0. The number of hydrogen-bond acceptors (Lipinski definition) is 3. The topological polar surface area (TPSA) is 41.5 Å². The molecule has 0 aliphatic heterocycles. The fraction of sp³-hybridized carbons (Fsp3) is 1.00. The van der Waals surface area contributed by atoms with Gasteiger partial charge in [-0.3, -0.25) is 0 Å². The fourth-order valence-corrected chi connectivity index (χ4v) is 1.65. The molecule has 0 aromatic heterocycles. The van der Waals surface area contributed by atoms with E-state index in [9.17, 15) is 5.11 Å². The molecule has 0 radical (unpaired) electrons. The molecule has 0 heterocycles. The lowest BCUT2D eigenvalue weighted by atomic mass is 10.1. The van der Waals surface area contributed by atoms with Gasteiger partial charge in [-0.1, -0.05) is 27.2 Å². The second-order valence-corrected chi connectivity index (χ2v) is 5.02. The second-order valence-electron chi connectivity index (χ2n) is 5.02. The molecular formula is C13H29NO2. The Morgan fingerprint density at radius 3 is 2.50 bits per heavy atom. The molecular weight excluding hydrogens is 202 g/mol. The molecule has 0 spiro atoms. The zero-order valence-electron chi connectivity index (χ0n) is 11.3. The van der Waals surface area contributed by atoms with E-state index < -0.39 is 0 Å². The minimum Gasteiger partial charge on any atom is -0.389 e. The van der Waals surface area contributed by atoms with E-state index in [0.717, 1.165) is 25.9 Å². The van der Waals surface area contributed by atoms with Gasteiger partial charge in [0, 0.05) is 19.2 Å².